The van der Waals surface area contributed by atoms with Crippen LogP contribution in [0.25, 0.3) is 5.57 Å². The molecule has 1 heterocycles. The Bertz CT molecular complexity index is 1060. The fourth-order valence-electron chi connectivity index (χ4n) is 2.94. The molecule has 1 aliphatic heterocycles. The van der Waals surface area contributed by atoms with E-state index in [9.17, 15) is 5.26 Å². The molecular formula is C22H14BrN3. The second kappa shape index (κ2) is 6.99. The molecule has 0 spiro atoms. The minimum absolute atomic E-state index is 0.573. The highest BCUT2D eigenvalue weighted by Crippen LogP contribution is 2.34. The molecule has 3 aromatic rings. The lowest BCUT2D eigenvalue weighted by atomic mass is 10.0. The number of nitrogens with zero attached hydrogens (tertiary/aromatic N) is 2. The van der Waals surface area contributed by atoms with E-state index in [-0.39, 0.29) is 0 Å². The predicted octanol–water partition coefficient (Wildman–Crippen LogP) is 5.93. The first kappa shape index (κ1) is 16.3. The summed E-state index contributed by atoms with van der Waals surface area (Å²) in [5.74, 6) is 0. The van der Waals surface area contributed by atoms with Crippen molar-refractivity contribution in [3.8, 4) is 6.07 Å². The van der Waals surface area contributed by atoms with E-state index >= 15 is 0 Å². The van der Waals surface area contributed by atoms with Crippen molar-refractivity contribution in [2.45, 2.75) is 0 Å². The molecule has 0 aliphatic carbocycles. The molecule has 0 atom stereocenters. The number of nitrogens with one attached hydrogen (secondary N) is 1. The van der Waals surface area contributed by atoms with Crippen molar-refractivity contribution < 1.29 is 0 Å². The first-order valence-electron chi connectivity index (χ1n) is 8.17. The fraction of sp³-hybridized carbons (Fsp3) is 0. The summed E-state index contributed by atoms with van der Waals surface area (Å²) in [4.78, 5) is 4.83. The largest absolute Gasteiger partial charge is 0.352 e. The Morgan fingerprint density at radius 2 is 1.58 bits per heavy atom. The van der Waals surface area contributed by atoms with Crippen molar-refractivity contribution >= 4 is 38.6 Å². The molecule has 0 saturated heterocycles. The van der Waals surface area contributed by atoms with Crippen LogP contribution in [0.2, 0.25) is 0 Å². The van der Waals surface area contributed by atoms with E-state index in [1.165, 1.54) is 0 Å². The molecule has 4 heteroatoms. The highest BCUT2D eigenvalue weighted by Gasteiger charge is 2.26. The van der Waals surface area contributed by atoms with E-state index in [0.29, 0.717) is 5.57 Å². The molecule has 0 fully saturated rings. The first-order chi connectivity index (χ1) is 12.8. The van der Waals surface area contributed by atoms with Crippen molar-refractivity contribution in [3.05, 3.63) is 100 Å². The Morgan fingerprint density at radius 1 is 0.885 bits per heavy atom. The summed E-state index contributed by atoms with van der Waals surface area (Å²) in [7, 11) is 0. The average Bonchev–Trinajstić information content (AvgIpc) is 3.03. The molecule has 1 aliphatic rings. The van der Waals surface area contributed by atoms with Crippen LogP contribution in [-0.4, -0.2) is 5.71 Å². The Labute approximate surface area is 160 Å². The van der Waals surface area contributed by atoms with Crippen molar-refractivity contribution in [2.24, 2.45) is 4.99 Å². The number of hydrogen-bond acceptors (Lipinski definition) is 3. The lowest BCUT2D eigenvalue weighted by Gasteiger charge is -2.07. The van der Waals surface area contributed by atoms with Gasteiger partial charge in [0.05, 0.1) is 22.7 Å². The minimum Gasteiger partial charge on any atom is -0.352 e. The zero-order chi connectivity index (χ0) is 17.9. The van der Waals surface area contributed by atoms with E-state index in [0.717, 1.165) is 38.4 Å². The number of nitriles is 1. The van der Waals surface area contributed by atoms with E-state index in [4.69, 9.17) is 4.99 Å². The van der Waals surface area contributed by atoms with Gasteiger partial charge >= 0.3 is 0 Å². The van der Waals surface area contributed by atoms with Crippen LogP contribution >= 0.6 is 15.9 Å². The highest BCUT2D eigenvalue weighted by atomic mass is 79.9. The molecule has 0 unspecified atom stereocenters. The normalized spacial score (nSPS) is 15.9. The second-order valence-electron chi connectivity index (χ2n) is 5.84. The maximum Gasteiger partial charge on any atom is 0.102 e. The van der Waals surface area contributed by atoms with Gasteiger partial charge in [0.2, 0.25) is 0 Å². The maximum absolute atomic E-state index is 9.86. The molecule has 124 valence electrons. The standard InChI is InChI=1S/C22H14BrN3/c23-16-12-10-15(11-13-16)19(14-24)22-21(25-17-6-2-1-3-7-17)18-8-4-5-9-20(18)26-22/h1-13,26H/b22-19-,25-21?. The van der Waals surface area contributed by atoms with Crippen LogP contribution in [0.5, 0.6) is 0 Å². The monoisotopic (exact) mass is 399 g/mol. The van der Waals surface area contributed by atoms with Gasteiger partial charge in [-0.1, -0.05) is 64.5 Å². The third kappa shape index (κ3) is 3.05. The number of fused-ring (bicyclic) bond motifs is 1. The molecule has 0 saturated carbocycles. The Balaban J connectivity index is 1.93. The molecule has 3 nitrogen and oxygen atoms in total. The highest BCUT2D eigenvalue weighted by molar-refractivity contribution is 9.10. The smallest absolute Gasteiger partial charge is 0.102 e. The van der Waals surface area contributed by atoms with Gasteiger partial charge in [-0.2, -0.15) is 5.26 Å². The van der Waals surface area contributed by atoms with E-state index in [2.05, 4.69) is 27.3 Å². The van der Waals surface area contributed by atoms with Gasteiger partial charge in [0, 0.05) is 15.7 Å². The number of para-hydroxylation sites is 2. The van der Waals surface area contributed by atoms with Crippen LogP contribution in [0.1, 0.15) is 11.1 Å². The third-order valence-electron chi connectivity index (χ3n) is 4.17. The summed E-state index contributed by atoms with van der Waals surface area (Å²) < 4.78 is 0.976. The molecule has 1 N–H and O–H groups in total. The van der Waals surface area contributed by atoms with Crippen LogP contribution in [0.4, 0.5) is 11.4 Å². The fourth-order valence-corrected chi connectivity index (χ4v) is 3.20. The van der Waals surface area contributed by atoms with Gasteiger partial charge in [-0.3, -0.25) is 0 Å². The van der Waals surface area contributed by atoms with Crippen LogP contribution in [-0.2, 0) is 0 Å². The summed E-state index contributed by atoms with van der Waals surface area (Å²) in [5, 5.41) is 13.2. The van der Waals surface area contributed by atoms with Crippen LogP contribution in [0, 0.1) is 11.3 Å². The second-order valence-corrected chi connectivity index (χ2v) is 6.75. The maximum atomic E-state index is 9.86. The number of halogens is 1. The topological polar surface area (TPSA) is 48.2 Å². The number of rotatable bonds is 2. The molecule has 3 aromatic carbocycles. The van der Waals surface area contributed by atoms with Gasteiger partial charge in [0.15, 0.2) is 0 Å². The van der Waals surface area contributed by atoms with Crippen molar-refractivity contribution in [1.82, 2.24) is 0 Å². The number of hydrogen-bond donors (Lipinski definition) is 1. The summed E-state index contributed by atoms with van der Waals surface area (Å²) in [6.07, 6.45) is 0. The van der Waals surface area contributed by atoms with E-state index < -0.39 is 0 Å². The van der Waals surface area contributed by atoms with E-state index in [1.807, 2.05) is 78.9 Å². The number of allylic oxidation sites excluding steroid dienone is 2. The molecule has 26 heavy (non-hydrogen) atoms. The van der Waals surface area contributed by atoms with Gasteiger partial charge in [0.1, 0.15) is 6.07 Å². The average molecular weight is 400 g/mol. The molecule has 0 radical (unpaired) electrons. The quantitative estimate of drug-likeness (QED) is 0.542. The van der Waals surface area contributed by atoms with Crippen molar-refractivity contribution in [2.75, 3.05) is 5.32 Å². The van der Waals surface area contributed by atoms with Gasteiger partial charge in [-0.15, -0.1) is 0 Å². The third-order valence-corrected chi connectivity index (χ3v) is 4.70. The van der Waals surface area contributed by atoms with Crippen LogP contribution < -0.4 is 5.32 Å². The molecular weight excluding hydrogens is 386 g/mol. The summed E-state index contributed by atoms with van der Waals surface area (Å²) in [6.45, 7) is 0. The van der Waals surface area contributed by atoms with Crippen molar-refractivity contribution in [1.29, 1.82) is 5.26 Å². The summed E-state index contributed by atoms with van der Waals surface area (Å²) >= 11 is 3.44. The van der Waals surface area contributed by atoms with Gasteiger partial charge in [-0.05, 0) is 35.9 Å². The predicted molar refractivity (Wildman–Crippen MR) is 109 cm³/mol. The van der Waals surface area contributed by atoms with Gasteiger partial charge in [0.25, 0.3) is 0 Å². The lowest BCUT2D eigenvalue weighted by molar-refractivity contribution is 1.47. The number of anilines is 1. The van der Waals surface area contributed by atoms with Gasteiger partial charge in [-0.25, -0.2) is 4.99 Å². The first-order valence-corrected chi connectivity index (χ1v) is 8.96. The summed E-state index contributed by atoms with van der Waals surface area (Å²) in [5.41, 5.74) is 5.76. The number of benzene rings is 3. The van der Waals surface area contributed by atoms with E-state index in [1.54, 1.807) is 0 Å². The zero-order valence-corrected chi connectivity index (χ0v) is 15.4. The molecule has 0 aromatic heterocycles. The Morgan fingerprint density at radius 3 is 2.31 bits per heavy atom. The molecule has 4 rings (SSSR count). The van der Waals surface area contributed by atoms with Crippen LogP contribution in [0.3, 0.4) is 0 Å². The van der Waals surface area contributed by atoms with Crippen molar-refractivity contribution in [3.63, 3.8) is 0 Å². The molecule has 0 bridgehead atoms. The zero-order valence-electron chi connectivity index (χ0n) is 13.8. The molecule has 0 amide bonds. The minimum atomic E-state index is 0.573. The SMILES string of the molecule is N#C/C(=C1/Nc2ccccc2C1=Nc1ccccc1)c1ccc(Br)cc1. The Hall–Kier alpha value is -3.16. The Kier molecular flexibility index (Phi) is 4.39. The number of aliphatic imine (C=N–C) groups is 1. The van der Waals surface area contributed by atoms with Gasteiger partial charge < -0.3 is 5.32 Å². The van der Waals surface area contributed by atoms with Crippen LogP contribution in [0.15, 0.2) is 94.0 Å². The lowest BCUT2D eigenvalue weighted by Crippen LogP contribution is -2.05. The summed E-state index contributed by atoms with van der Waals surface area (Å²) in [6, 6.07) is 27.8.